The Balaban J connectivity index is 1.49. The molecule has 1 aromatic carbocycles. The number of nitrogens with zero attached hydrogens (tertiary/aromatic N) is 4. The Morgan fingerprint density at radius 3 is 2.93 bits per heavy atom. The van der Waals surface area contributed by atoms with Gasteiger partial charge in [0, 0.05) is 0 Å². The van der Waals surface area contributed by atoms with Gasteiger partial charge >= 0.3 is 0 Å². The molecule has 28 heavy (non-hydrogen) atoms. The molecule has 142 valence electrons. The Hall–Kier alpha value is -3.33. The van der Waals surface area contributed by atoms with Gasteiger partial charge in [-0.25, -0.2) is 0 Å². The second-order valence-corrected chi connectivity index (χ2v) is 6.93. The van der Waals surface area contributed by atoms with Crippen LogP contribution in [0.2, 0.25) is 0 Å². The molecule has 0 saturated heterocycles. The summed E-state index contributed by atoms with van der Waals surface area (Å²) in [4.78, 5) is 12.4. The van der Waals surface area contributed by atoms with Crippen molar-refractivity contribution in [3.8, 4) is 17.2 Å². The number of ether oxygens (including phenoxy) is 1. The molecule has 4 rings (SSSR count). The van der Waals surface area contributed by atoms with Gasteiger partial charge in [0.25, 0.3) is 0 Å². The first-order valence-corrected chi connectivity index (χ1v) is 9.46. The summed E-state index contributed by atoms with van der Waals surface area (Å²) in [5.41, 5.74) is 2.92. The second kappa shape index (κ2) is 7.73. The molecule has 0 saturated carbocycles. The normalized spacial score (nSPS) is 10.9. The number of methoxy groups -OCH3 is 1. The number of aromatic nitrogens is 4. The van der Waals surface area contributed by atoms with Crippen LogP contribution in [0.4, 0.5) is 5.69 Å². The van der Waals surface area contributed by atoms with Gasteiger partial charge in [0.2, 0.25) is 11.1 Å². The SMILES string of the molecule is COc1ccc(C)cc1NC(=O)CSc1nnc2ccc(-c3ccco3)nn12. The van der Waals surface area contributed by atoms with Crippen LogP contribution in [0.15, 0.2) is 58.3 Å². The predicted molar refractivity (Wildman–Crippen MR) is 106 cm³/mol. The number of nitrogens with one attached hydrogen (secondary N) is 1. The minimum atomic E-state index is -0.173. The van der Waals surface area contributed by atoms with E-state index in [4.69, 9.17) is 9.15 Å². The van der Waals surface area contributed by atoms with Crippen molar-refractivity contribution in [2.75, 3.05) is 18.2 Å². The fourth-order valence-electron chi connectivity index (χ4n) is 2.65. The molecule has 1 amide bonds. The fraction of sp³-hybridized carbons (Fsp3) is 0.158. The van der Waals surface area contributed by atoms with Gasteiger partial charge in [0.1, 0.15) is 11.4 Å². The van der Waals surface area contributed by atoms with E-state index in [0.717, 1.165) is 5.56 Å². The highest BCUT2D eigenvalue weighted by Crippen LogP contribution is 2.26. The van der Waals surface area contributed by atoms with Crippen molar-refractivity contribution in [1.29, 1.82) is 0 Å². The Morgan fingerprint density at radius 2 is 2.14 bits per heavy atom. The Morgan fingerprint density at radius 1 is 1.25 bits per heavy atom. The summed E-state index contributed by atoms with van der Waals surface area (Å²) >= 11 is 1.25. The van der Waals surface area contributed by atoms with Gasteiger partial charge < -0.3 is 14.5 Å². The Labute approximate surface area is 164 Å². The van der Waals surface area contributed by atoms with Crippen LogP contribution in [0.25, 0.3) is 17.1 Å². The van der Waals surface area contributed by atoms with Crippen molar-refractivity contribution >= 4 is 29.0 Å². The van der Waals surface area contributed by atoms with Crippen LogP contribution in [0.5, 0.6) is 5.75 Å². The summed E-state index contributed by atoms with van der Waals surface area (Å²) in [5.74, 6) is 1.25. The number of aryl methyl sites for hydroxylation is 1. The van der Waals surface area contributed by atoms with E-state index in [9.17, 15) is 4.79 Å². The molecule has 0 radical (unpaired) electrons. The third kappa shape index (κ3) is 3.70. The van der Waals surface area contributed by atoms with Crippen molar-refractivity contribution < 1.29 is 13.9 Å². The summed E-state index contributed by atoms with van der Waals surface area (Å²) < 4.78 is 12.3. The first-order chi connectivity index (χ1) is 13.6. The number of carbonyl (C=O) groups excluding carboxylic acids is 1. The van der Waals surface area contributed by atoms with Crippen molar-refractivity contribution in [2.24, 2.45) is 0 Å². The molecule has 8 nitrogen and oxygen atoms in total. The number of anilines is 1. The van der Waals surface area contributed by atoms with E-state index in [0.29, 0.717) is 33.7 Å². The predicted octanol–water partition coefficient (Wildman–Crippen LogP) is 3.43. The van der Waals surface area contributed by atoms with Gasteiger partial charge in [-0.3, -0.25) is 4.79 Å². The monoisotopic (exact) mass is 395 g/mol. The number of furan rings is 1. The number of fused-ring (bicyclic) bond motifs is 1. The molecule has 9 heteroatoms. The zero-order chi connectivity index (χ0) is 19.5. The Kier molecular flexibility index (Phi) is 4.98. The number of hydrogen-bond donors (Lipinski definition) is 1. The minimum Gasteiger partial charge on any atom is -0.495 e. The smallest absolute Gasteiger partial charge is 0.234 e. The van der Waals surface area contributed by atoms with E-state index in [1.165, 1.54) is 11.8 Å². The van der Waals surface area contributed by atoms with Gasteiger partial charge in [0.15, 0.2) is 11.4 Å². The fourth-order valence-corrected chi connectivity index (χ4v) is 3.34. The second-order valence-electron chi connectivity index (χ2n) is 5.99. The van der Waals surface area contributed by atoms with Gasteiger partial charge in [-0.15, -0.1) is 10.2 Å². The number of thioether (sulfide) groups is 1. The molecular formula is C19H17N5O3S. The van der Waals surface area contributed by atoms with Gasteiger partial charge in [-0.1, -0.05) is 17.8 Å². The van der Waals surface area contributed by atoms with E-state index in [1.807, 2.05) is 37.3 Å². The van der Waals surface area contributed by atoms with E-state index < -0.39 is 0 Å². The maximum absolute atomic E-state index is 12.4. The highest BCUT2D eigenvalue weighted by molar-refractivity contribution is 7.99. The molecule has 0 fully saturated rings. The lowest BCUT2D eigenvalue weighted by molar-refractivity contribution is -0.113. The molecule has 0 atom stereocenters. The van der Waals surface area contributed by atoms with Crippen molar-refractivity contribution in [1.82, 2.24) is 19.8 Å². The Bertz CT molecular complexity index is 1120. The largest absolute Gasteiger partial charge is 0.495 e. The molecule has 0 aliphatic carbocycles. The van der Waals surface area contributed by atoms with Gasteiger partial charge in [-0.05, 0) is 48.9 Å². The lowest BCUT2D eigenvalue weighted by atomic mass is 10.2. The molecule has 0 bridgehead atoms. The summed E-state index contributed by atoms with van der Waals surface area (Å²) in [5, 5.41) is 16.1. The molecule has 3 heterocycles. The van der Waals surface area contributed by atoms with Crippen molar-refractivity contribution in [3.63, 3.8) is 0 Å². The van der Waals surface area contributed by atoms with Crippen LogP contribution in [0.3, 0.4) is 0 Å². The molecule has 1 N–H and O–H groups in total. The van der Waals surface area contributed by atoms with E-state index in [-0.39, 0.29) is 11.7 Å². The standard InChI is InChI=1S/C19H17N5O3S/c1-12-5-7-15(26-2)14(10-12)20-18(25)11-28-19-22-21-17-8-6-13(23-24(17)19)16-4-3-9-27-16/h3-10H,11H2,1-2H3,(H,20,25). The summed E-state index contributed by atoms with van der Waals surface area (Å²) in [7, 11) is 1.57. The number of amides is 1. The zero-order valence-electron chi connectivity index (χ0n) is 15.2. The van der Waals surface area contributed by atoms with Crippen LogP contribution in [-0.2, 0) is 4.79 Å². The maximum Gasteiger partial charge on any atom is 0.234 e. The average Bonchev–Trinajstić information content (AvgIpc) is 3.36. The van der Waals surface area contributed by atoms with Crippen LogP contribution < -0.4 is 10.1 Å². The van der Waals surface area contributed by atoms with E-state index in [1.54, 1.807) is 30.0 Å². The molecule has 0 aliphatic rings. The summed E-state index contributed by atoms with van der Waals surface area (Å²) in [6.45, 7) is 1.95. The van der Waals surface area contributed by atoms with Crippen molar-refractivity contribution in [2.45, 2.75) is 12.1 Å². The van der Waals surface area contributed by atoms with E-state index >= 15 is 0 Å². The third-order valence-electron chi connectivity index (χ3n) is 3.97. The van der Waals surface area contributed by atoms with Crippen LogP contribution >= 0.6 is 11.8 Å². The number of rotatable bonds is 6. The topological polar surface area (TPSA) is 94.5 Å². The van der Waals surface area contributed by atoms with Crippen molar-refractivity contribution in [3.05, 3.63) is 54.3 Å². The van der Waals surface area contributed by atoms with E-state index in [2.05, 4.69) is 20.6 Å². The van der Waals surface area contributed by atoms with Crippen LogP contribution in [-0.4, -0.2) is 38.6 Å². The highest BCUT2D eigenvalue weighted by Gasteiger charge is 2.14. The maximum atomic E-state index is 12.4. The lowest BCUT2D eigenvalue weighted by Crippen LogP contribution is -2.15. The first-order valence-electron chi connectivity index (χ1n) is 8.47. The number of carbonyl (C=O) groups is 1. The van der Waals surface area contributed by atoms with Crippen LogP contribution in [0, 0.1) is 6.92 Å². The number of hydrogen-bond acceptors (Lipinski definition) is 7. The molecular weight excluding hydrogens is 378 g/mol. The molecule has 0 spiro atoms. The quantitative estimate of drug-likeness (QED) is 0.500. The number of benzene rings is 1. The summed E-state index contributed by atoms with van der Waals surface area (Å²) in [6, 6.07) is 12.9. The highest BCUT2D eigenvalue weighted by atomic mass is 32.2. The third-order valence-corrected chi connectivity index (χ3v) is 4.89. The van der Waals surface area contributed by atoms with Gasteiger partial charge in [0.05, 0.1) is 24.8 Å². The molecule has 0 unspecified atom stereocenters. The molecule has 4 aromatic rings. The first kappa shape index (κ1) is 18.1. The minimum absolute atomic E-state index is 0.157. The zero-order valence-corrected chi connectivity index (χ0v) is 16.1. The molecule has 0 aliphatic heterocycles. The molecule has 3 aromatic heterocycles. The van der Waals surface area contributed by atoms with Gasteiger partial charge in [-0.2, -0.15) is 9.61 Å². The summed E-state index contributed by atoms with van der Waals surface area (Å²) in [6.07, 6.45) is 1.59. The van der Waals surface area contributed by atoms with Crippen LogP contribution in [0.1, 0.15) is 5.56 Å². The lowest BCUT2D eigenvalue weighted by Gasteiger charge is -2.10. The average molecular weight is 395 g/mol.